The fourth-order valence-electron chi connectivity index (χ4n) is 4.34. The summed E-state index contributed by atoms with van der Waals surface area (Å²) in [5, 5.41) is 46.2. The van der Waals surface area contributed by atoms with Crippen LogP contribution >= 0.6 is 0 Å². The van der Waals surface area contributed by atoms with Crippen molar-refractivity contribution in [2.75, 3.05) is 40.1 Å². The van der Waals surface area contributed by atoms with Gasteiger partial charge in [-0.05, 0) is 24.6 Å². The number of carboxylic acids is 2. The van der Waals surface area contributed by atoms with E-state index >= 15 is 8.78 Å². The van der Waals surface area contributed by atoms with Gasteiger partial charge in [0.1, 0.15) is 12.4 Å². The number of carbonyl (C=O) groups is 3. The Kier molecular flexibility index (Phi) is 15.8. The zero-order valence-corrected chi connectivity index (χ0v) is 26.7. The van der Waals surface area contributed by atoms with Crippen LogP contribution in [0.4, 0.5) is 27.6 Å². The number of nitro benzene ring substituents is 1. The van der Waals surface area contributed by atoms with Gasteiger partial charge in [-0.2, -0.15) is 0 Å². The van der Waals surface area contributed by atoms with E-state index in [4.69, 9.17) is 45.1 Å². The highest BCUT2D eigenvalue weighted by molar-refractivity contribution is 5.92. The zero-order chi connectivity index (χ0) is 38.6. The van der Waals surface area contributed by atoms with Crippen molar-refractivity contribution in [2.24, 2.45) is 5.73 Å². The van der Waals surface area contributed by atoms with E-state index < -0.39 is 87.8 Å². The molecular formula is C30H32F5N3O13. The first kappa shape index (κ1) is 41.9. The number of methoxy groups -OCH3 is 1. The van der Waals surface area contributed by atoms with Crippen molar-refractivity contribution < 1.29 is 80.6 Å². The zero-order valence-electron chi connectivity index (χ0n) is 26.7. The second-order valence-electron chi connectivity index (χ2n) is 10.1. The summed E-state index contributed by atoms with van der Waals surface area (Å²) in [6, 6.07) is 4.97. The number of nitrogens with two attached hydrogens (primary N) is 1. The predicted molar refractivity (Wildman–Crippen MR) is 160 cm³/mol. The molecule has 0 aliphatic carbocycles. The predicted octanol–water partition coefficient (Wildman–Crippen LogP) is 1.72. The van der Waals surface area contributed by atoms with E-state index in [0.29, 0.717) is 5.56 Å². The molecule has 0 amide bonds. The number of allylic oxidation sites excluding steroid dienone is 2. The Hall–Kier alpha value is -5.22. The summed E-state index contributed by atoms with van der Waals surface area (Å²) in [4.78, 5) is 43.2. The number of nitrogens with one attached hydrogen (secondary N) is 1. The van der Waals surface area contributed by atoms with Crippen LogP contribution in [-0.2, 0) is 39.9 Å². The molecule has 51 heavy (non-hydrogen) atoms. The molecule has 0 radical (unpaired) electrons. The lowest BCUT2D eigenvalue weighted by molar-refractivity contribution is -0.384. The van der Waals surface area contributed by atoms with Crippen LogP contribution in [0.2, 0.25) is 0 Å². The van der Waals surface area contributed by atoms with Gasteiger partial charge in [0.2, 0.25) is 5.82 Å². The number of rotatable bonds is 16. The van der Waals surface area contributed by atoms with E-state index in [1.165, 1.54) is 31.2 Å². The summed E-state index contributed by atoms with van der Waals surface area (Å²) in [7, 11) is 1.09. The number of aliphatic hydroxyl groups is 2. The van der Waals surface area contributed by atoms with Gasteiger partial charge in [-0.1, -0.05) is 0 Å². The van der Waals surface area contributed by atoms with Gasteiger partial charge in [0.05, 0.1) is 61.3 Å². The lowest BCUT2D eigenvalue weighted by atomic mass is 9.84. The first-order valence-corrected chi connectivity index (χ1v) is 14.3. The van der Waals surface area contributed by atoms with E-state index in [9.17, 15) is 37.7 Å². The molecule has 0 fully saturated rings. The van der Waals surface area contributed by atoms with E-state index in [-0.39, 0.29) is 55.8 Å². The summed E-state index contributed by atoms with van der Waals surface area (Å²) in [6.45, 7) is 1.22. The highest BCUT2D eigenvalue weighted by atomic mass is 19.2. The molecule has 3 atom stereocenters. The molecule has 3 rings (SSSR count). The second kappa shape index (κ2) is 19.2. The quantitative estimate of drug-likeness (QED) is 0.0273. The molecule has 1 aliphatic rings. The fraction of sp³-hybridized carbons (Fsp3) is 0.367. The van der Waals surface area contributed by atoms with E-state index in [2.05, 4.69) is 5.32 Å². The van der Waals surface area contributed by atoms with Crippen molar-refractivity contribution in [3.8, 4) is 0 Å². The smallest absolute Gasteiger partial charge is 0.337 e. The fourth-order valence-corrected chi connectivity index (χ4v) is 4.34. The van der Waals surface area contributed by atoms with E-state index in [1.54, 1.807) is 0 Å². The number of carbonyl (C=O) groups excluding carboxylic acids is 1. The summed E-state index contributed by atoms with van der Waals surface area (Å²) in [5.74, 6) is -18.1. The topological polar surface area (TPSA) is 250 Å². The van der Waals surface area contributed by atoms with Crippen LogP contribution in [0, 0.1) is 39.2 Å². The number of hydrogen-bond donors (Lipinski definition) is 6. The van der Waals surface area contributed by atoms with Crippen LogP contribution in [0.1, 0.15) is 24.0 Å². The van der Waals surface area contributed by atoms with Gasteiger partial charge in [-0.25, -0.2) is 36.3 Å². The molecule has 0 aromatic heterocycles. The number of aliphatic hydroxyl groups excluding tert-OH is 2. The molecule has 0 spiro atoms. The highest BCUT2D eigenvalue weighted by Crippen LogP contribution is 2.42. The van der Waals surface area contributed by atoms with Crippen LogP contribution in [0.3, 0.4) is 0 Å². The number of nitro groups is 1. The highest BCUT2D eigenvalue weighted by Gasteiger charge is 2.42. The molecular weight excluding hydrogens is 705 g/mol. The lowest BCUT2D eigenvalue weighted by Crippen LogP contribution is -2.39. The van der Waals surface area contributed by atoms with Crippen LogP contribution in [-0.4, -0.2) is 95.5 Å². The van der Waals surface area contributed by atoms with Crippen molar-refractivity contribution in [2.45, 2.75) is 31.7 Å². The molecule has 2 unspecified atom stereocenters. The van der Waals surface area contributed by atoms with Crippen molar-refractivity contribution in [3.63, 3.8) is 0 Å². The van der Waals surface area contributed by atoms with Gasteiger partial charge < -0.3 is 50.4 Å². The van der Waals surface area contributed by atoms with Gasteiger partial charge in [-0.15, -0.1) is 0 Å². The number of ether oxygens (including phenoxy) is 4. The molecule has 7 N–H and O–H groups in total. The first-order chi connectivity index (χ1) is 24.0. The molecule has 16 nitrogen and oxygen atoms in total. The molecule has 0 saturated heterocycles. The third-order valence-electron chi connectivity index (χ3n) is 6.76. The minimum absolute atomic E-state index is 0.00337. The number of hydrogen-bond acceptors (Lipinski definition) is 13. The van der Waals surface area contributed by atoms with Gasteiger partial charge >= 0.3 is 17.9 Å². The molecule has 280 valence electrons. The van der Waals surface area contributed by atoms with Crippen LogP contribution < -0.4 is 11.1 Å². The normalized spacial score (nSPS) is 15.3. The summed E-state index contributed by atoms with van der Waals surface area (Å²) in [6.07, 6.45) is -4.53. The number of aliphatic carboxylic acids is 2. The average Bonchev–Trinajstić information content (AvgIpc) is 3.10. The number of carboxylic acid groups (broad SMARTS) is 2. The summed E-state index contributed by atoms with van der Waals surface area (Å²) >= 11 is 0. The van der Waals surface area contributed by atoms with E-state index in [1.807, 2.05) is 0 Å². The standard InChI is InChI=1S/C26H26F5N3O7.C4H6O6/c1-13-25(38-2)18(19-20(27)22(29)24(31)23(30)21(19)28)17(16(33-13)12-40-10-9-39-8-7-32)26(35)41-11-14-3-5-15(6-4-14)34(36)37;5-1(3(7)8)2(6)4(9)10/h3-6,18,33H,7-12,32H2,1-2H3;1-2,5-6H,(H,7,8)(H,9,10)/t18-;/m1./s1. The van der Waals surface area contributed by atoms with Gasteiger partial charge in [-0.3, -0.25) is 10.1 Å². The molecule has 1 aliphatic heterocycles. The summed E-state index contributed by atoms with van der Waals surface area (Å²) < 4.78 is 93.8. The molecule has 21 heteroatoms. The maximum Gasteiger partial charge on any atom is 0.337 e. The van der Waals surface area contributed by atoms with Crippen LogP contribution in [0.15, 0.2) is 47.0 Å². The van der Waals surface area contributed by atoms with Crippen molar-refractivity contribution in [3.05, 3.63) is 97.3 Å². The average molecular weight is 738 g/mol. The second-order valence-corrected chi connectivity index (χ2v) is 10.1. The maximum atomic E-state index is 15.1. The Morgan fingerprint density at radius 1 is 0.882 bits per heavy atom. The monoisotopic (exact) mass is 737 g/mol. The molecule has 0 bridgehead atoms. The number of dihydropyridines is 1. The largest absolute Gasteiger partial charge is 0.498 e. The minimum atomic E-state index is -2.37. The number of benzene rings is 2. The van der Waals surface area contributed by atoms with Crippen LogP contribution in [0.25, 0.3) is 0 Å². The Labute approximate surface area is 284 Å². The Bertz CT molecular complexity index is 1620. The SMILES string of the molecule is COC1=C(C)NC(COCCOCCN)=C(C(=O)OCc2ccc([N+](=O)[O-])cc2)[C@@H]1c1c(F)c(F)c(F)c(F)c1F.O=C(O)C(O)C(O)C(=O)O. The molecule has 1 heterocycles. The first-order valence-electron chi connectivity index (χ1n) is 14.3. The van der Waals surface area contributed by atoms with Gasteiger partial charge in [0.15, 0.2) is 35.5 Å². The Morgan fingerprint density at radius 3 is 1.86 bits per heavy atom. The van der Waals surface area contributed by atoms with Gasteiger partial charge in [0.25, 0.3) is 5.69 Å². The molecule has 2 aromatic rings. The molecule has 0 saturated carbocycles. The van der Waals surface area contributed by atoms with Crippen LogP contribution in [0.5, 0.6) is 0 Å². The lowest BCUT2D eigenvalue weighted by Gasteiger charge is -2.32. The Balaban J connectivity index is 0.000000783. The number of non-ortho nitro benzene ring substituents is 1. The molecule has 2 aromatic carbocycles. The third-order valence-corrected chi connectivity index (χ3v) is 6.76. The Morgan fingerprint density at radius 2 is 1.39 bits per heavy atom. The van der Waals surface area contributed by atoms with E-state index in [0.717, 1.165) is 7.11 Å². The van der Waals surface area contributed by atoms with Crippen molar-refractivity contribution in [1.82, 2.24) is 5.32 Å². The number of esters is 1. The maximum absolute atomic E-state index is 15.1. The minimum Gasteiger partial charge on any atom is -0.498 e. The van der Waals surface area contributed by atoms with Crippen molar-refractivity contribution in [1.29, 1.82) is 0 Å². The number of nitrogens with zero attached hydrogens (tertiary/aromatic N) is 1. The third kappa shape index (κ3) is 10.6. The van der Waals surface area contributed by atoms with Gasteiger partial charge in [0, 0.05) is 24.2 Å². The summed E-state index contributed by atoms with van der Waals surface area (Å²) in [5.41, 5.74) is 3.59. The number of halogens is 5. The van der Waals surface area contributed by atoms with Crippen molar-refractivity contribution >= 4 is 23.6 Å².